The third-order valence-corrected chi connectivity index (χ3v) is 3.68. The van der Waals surface area contributed by atoms with E-state index >= 15 is 0 Å². The summed E-state index contributed by atoms with van der Waals surface area (Å²) < 4.78 is 0. The molecule has 0 spiro atoms. The first kappa shape index (κ1) is 11.0. The van der Waals surface area contributed by atoms with E-state index in [4.69, 9.17) is 28.9 Å². The molecule has 0 fully saturated rings. The predicted molar refractivity (Wildman–Crippen MR) is 70.6 cm³/mol. The van der Waals surface area contributed by atoms with Gasteiger partial charge in [-0.1, -0.05) is 29.3 Å². The smallest absolute Gasteiger partial charge is 0.0744 e. The van der Waals surface area contributed by atoms with E-state index in [-0.39, 0.29) is 5.92 Å². The van der Waals surface area contributed by atoms with E-state index in [1.54, 1.807) is 12.3 Å². The molecule has 1 unspecified atom stereocenters. The molecule has 1 heterocycles. The van der Waals surface area contributed by atoms with Crippen LogP contribution in [0.2, 0.25) is 10.0 Å². The topological polar surface area (TPSA) is 38.9 Å². The molecule has 0 bridgehead atoms. The van der Waals surface area contributed by atoms with Gasteiger partial charge in [-0.05, 0) is 29.3 Å². The Hall–Kier alpha value is -1.09. The summed E-state index contributed by atoms with van der Waals surface area (Å²) in [6.45, 7) is 0.521. The molecule has 0 saturated heterocycles. The zero-order valence-electron chi connectivity index (χ0n) is 8.95. The van der Waals surface area contributed by atoms with E-state index in [9.17, 15) is 0 Å². The highest BCUT2D eigenvalue weighted by molar-refractivity contribution is 6.36. The normalized spacial score (nSPS) is 16.8. The Labute approximate surface area is 109 Å². The van der Waals surface area contributed by atoms with Gasteiger partial charge in [0.1, 0.15) is 0 Å². The Kier molecular flexibility index (Phi) is 2.58. The number of aromatic nitrogens is 1. The molecule has 1 aromatic heterocycles. The molecule has 1 aromatic carbocycles. The van der Waals surface area contributed by atoms with Gasteiger partial charge in [-0.15, -0.1) is 0 Å². The quantitative estimate of drug-likeness (QED) is 0.857. The number of fused-ring (bicyclic) bond motifs is 3. The van der Waals surface area contributed by atoms with Crippen molar-refractivity contribution in [2.45, 2.75) is 5.92 Å². The largest absolute Gasteiger partial charge is 0.330 e. The summed E-state index contributed by atoms with van der Waals surface area (Å²) in [6, 6.07) is 7.63. The predicted octanol–water partition coefficient (Wildman–Crippen LogP) is 3.46. The lowest BCUT2D eigenvalue weighted by Crippen LogP contribution is -2.11. The molecule has 0 amide bonds. The molecule has 0 saturated carbocycles. The maximum Gasteiger partial charge on any atom is 0.0744 e. The van der Waals surface area contributed by atoms with Gasteiger partial charge < -0.3 is 5.73 Å². The van der Waals surface area contributed by atoms with Gasteiger partial charge in [0.2, 0.25) is 0 Å². The molecular formula is C13H10Cl2N2. The monoisotopic (exact) mass is 264 g/mol. The van der Waals surface area contributed by atoms with Crippen molar-refractivity contribution in [3.8, 4) is 11.3 Å². The van der Waals surface area contributed by atoms with Crippen molar-refractivity contribution in [2.75, 3.05) is 6.54 Å². The Balaban J connectivity index is 2.35. The molecule has 1 aliphatic carbocycles. The molecule has 0 aliphatic heterocycles. The van der Waals surface area contributed by atoms with Gasteiger partial charge in [-0.25, -0.2) is 0 Å². The minimum Gasteiger partial charge on any atom is -0.330 e. The molecule has 86 valence electrons. The summed E-state index contributed by atoms with van der Waals surface area (Å²) in [4.78, 5) is 4.41. The third kappa shape index (κ3) is 1.56. The lowest BCUT2D eigenvalue weighted by atomic mass is 9.98. The molecule has 4 heteroatoms. The number of nitrogens with two attached hydrogens (primary N) is 1. The van der Waals surface area contributed by atoms with Gasteiger partial charge in [0, 0.05) is 34.3 Å². The lowest BCUT2D eigenvalue weighted by molar-refractivity contribution is 0.839. The summed E-state index contributed by atoms with van der Waals surface area (Å²) in [5.74, 6) is 0.124. The Morgan fingerprint density at radius 2 is 2.12 bits per heavy atom. The van der Waals surface area contributed by atoms with Crippen LogP contribution in [0.3, 0.4) is 0 Å². The van der Waals surface area contributed by atoms with Gasteiger partial charge in [-0.3, -0.25) is 4.98 Å². The molecular weight excluding hydrogens is 255 g/mol. The van der Waals surface area contributed by atoms with Crippen molar-refractivity contribution < 1.29 is 0 Å². The number of hydrogen-bond donors (Lipinski definition) is 1. The van der Waals surface area contributed by atoms with Crippen LogP contribution in [0, 0.1) is 0 Å². The fourth-order valence-corrected chi connectivity index (χ4v) is 3.08. The van der Waals surface area contributed by atoms with Gasteiger partial charge in [0.15, 0.2) is 0 Å². The van der Waals surface area contributed by atoms with Crippen molar-refractivity contribution >= 4 is 23.2 Å². The molecule has 1 atom stereocenters. The summed E-state index contributed by atoms with van der Waals surface area (Å²) in [5.41, 5.74) is 9.99. The highest BCUT2D eigenvalue weighted by Crippen LogP contribution is 2.47. The molecule has 2 nitrogen and oxygen atoms in total. The van der Waals surface area contributed by atoms with Crippen LogP contribution in [0.25, 0.3) is 11.3 Å². The van der Waals surface area contributed by atoms with Crippen LogP contribution in [0.4, 0.5) is 0 Å². The van der Waals surface area contributed by atoms with Gasteiger partial charge in [0.25, 0.3) is 0 Å². The van der Waals surface area contributed by atoms with E-state index in [2.05, 4.69) is 4.98 Å². The molecule has 17 heavy (non-hydrogen) atoms. The van der Waals surface area contributed by atoms with Crippen LogP contribution < -0.4 is 5.73 Å². The number of benzene rings is 1. The van der Waals surface area contributed by atoms with Crippen LogP contribution in [0.5, 0.6) is 0 Å². The van der Waals surface area contributed by atoms with Crippen molar-refractivity contribution in [1.82, 2.24) is 4.98 Å². The summed E-state index contributed by atoms with van der Waals surface area (Å²) in [5, 5.41) is 1.30. The third-order valence-electron chi connectivity index (χ3n) is 3.15. The lowest BCUT2D eigenvalue weighted by Gasteiger charge is -2.11. The number of nitrogens with zero attached hydrogens (tertiary/aromatic N) is 1. The van der Waals surface area contributed by atoms with Crippen LogP contribution in [-0.4, -0.2) is 11.5 Å². The first-order valence-electron chi connectivity index (χ1n) is 5.36. The average molecular weight is 265 g/mol. The summed E-state index contributed by atoms with van der Waals surface area (Å²) >= 11 is 12.3. The first-order valence-corrected chi connectivity index (χ1v) is 6.12. The minimum absolute atomic E-state index is 0.124. The van der Waals surface area contributed by atoms with Crippen LogP contribution in [0.1, 0.15) is 17.0 Å². The Morgan fingerprint density at radius 1 is 1.29 bits per heavy atom. The zero-order valence-corrected chi connectivity index (χ0v) is 10.5. The van der Waals surface area contributed by atoms with Crippen molar-refractivity contribution in [3.63, 3.8) is 0 Å². The molecule has 1 aliphatic rings. The first-order chi connectivity index (χ1) is 8.22. The van der Waals surface area contributed by atoms with E-state index in [0.717, 1.165) is 22.4 Å². The second-order valence-electron chi connectivity index (χ2n) is 4.08. The molecule has 2 N–H and O–H groups in total. The van der Waals surface area contributed by atoms with E-state index < -0.39 is 0 Å². The van der Waals surface area contributed by atoms with Gasteiger partial charge in [-0.2, -0.15) is 0 Å². The van der Waals surface area contributed by atoms with Gasteiger partial charge >= 0.3 is 0 Å². The Morgan fingerprint density at radius 3 is 2.88 bits per heavy atom. The maximum atomic E-state index is 6.27. The number of halogens is 2. The number of pyridine rings is 1. The summed E-state index contributed by atoms with van der Waals surface area (Å²) in [6.07, 6.45) is 1.77. The number of hydrogen-bond acceptors (Lipinski definition) is 2. The van der Waals surface area contributed by atoms with Crippen molar-refractivity contribution in [3.05, 3.63) is 51.6 Å². The highest BCUT2D eigenvalue weighted by atomic mass is 35.5. The molecule has 3 rings (SSSR count). The van der Waals surface area contributed by atoms with Crippen LogP contribution in [0.15, 0.2) is 30.5 Å². The fourth-order valence-electron chi connectivity index (χ4n) is 2.46. The number of rotatable bonds is 1. The van der Waals surface area contributed by atoms with Crippen LogP contribution in [-0.2, 0) is 0 Å². The van der Waals surface area contributed by atoms with Crippen LogP contribution >= 0.6 is 23.2 Å². The second-order valence-corrected chi connectivity index (χ2v) is 4.92. The average Bonchev–Trinajstić information content (AvgIpc) is 2.63. The SMILES string of the molecule is NCC1c2cccnc2-c2cc(Cl)cc(Cl)c21. The van der Waals surface area contributed by atoms with Gasteiger partial charge in [0.05, 0.1) is 5.69 Å². The summed E-state index contributed by atoms with van der Waals surface area (Å²) in [7, 11) is 0. The van der Waals surface area contributed by atoms with Crippen molar-refractivity contribution in [2.24, 2.45) is 5.73 Å². The maximum absolute atomic E-state index is 6.27. The standard InChI is InChI=1S/C13H10Cl2N2/c14-7-4-9-12(11(15)5-7)10(6-16)8-2-1-3-17-13(8)9/h1-5,10H,6,16H2. The molecule has 0 radical (unpaired) electrons. The molecule has 2 aromatic rings. The van der Waals surface area contributed by atoms with E-state index in [1.807, 2.05) is 18.2 Å². The second kappa shape index (κ2) is 3.98. The fraction of sp³-hybridized carbons (Fsp3) is 0.154. The highest BCUT2D eigenvalue weighted by Gasteiger charge is 2.30. The Bertz CT molecular complexity index is 596. The minimum atomic E-state index is 0.124. The van der Waals surface area contributed by atoms with E-state index in [0.29, 0.717) is 16.6 Å². The van der Waals surface area contributed by atoms with Crippen molar-refractivity contribution in [1.29, 1.82) is 0 Å². The van der Waals surface area contributed by atoms with E-state index in [1.165, 1.54) is 0 Å². The zero-order chi connectivity index (χ0) is 12.0.